The third kappa shape index (κ3) is 3.28. The number of anilines is 2. The maximum absolute atomic E-state index is 12.9. The molecule has 2 rings (SSSR count). The first kappa shape index (κ1) is 16.0. The summed E-state index contributed by atoms with van der Waals surface area (Å²) in [6.07, 6.45) is -4.31. The number of para-hydroxylation sites is 1. The number of nitrogens with one attached hydrogen (secondary N) is 1. The third-order valence-corrected chi connectivity index (χ3v) is 3.06. The van der Waals surface area contributed by atoms with Gasteiger partial charge in [0, 0.05) is 6.20 Å². The van der Waals surface area contributed by atoms with E-state index in [1.807, 2.05) is 0 Å². The lowest BCUT2D eigenvalue weighted by atomic mass is 10.2. The fourth-order valence-corrected chi connectivity index (χ4v) is 1.99. The Hall–Kier alpha value is -2.35. The number of aromatic nitrogens is 2. The first-order valence-corrected chi connectivity index (χ1v) is 6.27. The number of aryl methyl sites for hydroxylation is 1. The highest BCUT2D eigenvalue weighted by Gasteiger charge is 2.38. The van der Waals surface area contributed by atoms with Crippen LogP contribution >= 0.6 is 11.6 Å². The van der Waals surface area contributed by atoms with Crippen molar-refractivity contribution < 1.29 is 23.1 Å². The Labute approximate surface area is 127 Å². The van der Waals surface area contributed by atoms with Crippen molar-refractivity contribution >= 4 is 29.2 Å². The monoisotopic (exact) mass is 331 g/mol. The molecule has 0 saturated carbocycles. The summed E-state index contributed by atoms with van der Waals surface area (Å²) in [6.45, 7) is 1.70. The smallest absolute Gasteiger partial charge is 0.434 e. The summed E-state index contributed by atoms with van der Waals surface area (Å²) >= 11 is 5.96. The van der Waals surface area contributed by atoms with Crippen LogP contribution in [0.15, 0.2) is 24.4 Å². The Balaban J connectivity index is 2.48. The SMILES string of the molecule is Cc1cccc(Cl)c1Nc1ncc(C(=O)O)c(C(F)(F)F)n1. The van der Waals surface area contributed by atoms with Crippen LogP contribution in [0.2, 0.25) is 5.02 Å². The van der Waals surface area contributed by atoms with Crippen LogP contribution in [0.3, 0.4) is 0 Å². The van der Waals surface area contributed by atoms with Crippen LogP contribution in [-0.2, 0) is 6.18 Å². The van der Waals surface area contributed by atoms with Gasteiger partial charge in [0.1, 0.15) is 5.56 Å². The van der Waals surface area contributed by atoms with Crippen LogP contribution in [0.4, 0.5) is 24.8 Å². The predicted molar refractivity (Wildman–Crippen MR) is 73.5 cm³/mol. The van der Waals surface area contributed by atoms with Crippen molar-refractivity contribution in [1.29, 1.82) is 0 Å². The zero-order chi connectivity index (χ0) is 16.5. The molecule has 0 spiro atoms. The molecule has 0 fully saturated rings. The highest BCUT2D eigenvalue weighted by Crippen LogP contribution is 2.32. The lowest BCUT2D eigenvalue weighted by Crippen LogP contribution is -2.17. The van der Waals surface area contributed by atoms with Crippen molar-refractivity contribution in [2.24, 2.45) is 0 Å². The van der Waals surface area contributed by atoms with Gasteiger partial charge in [-0.3, -0.25) is 0 Å². The van der Waals surface area contributed by atoms with Crippen molar-refractivity contribution in [1.82, 2.24) is 9.97 Å². The second-order valence-corrected chi connectivity index (χ2v) is 4.72. The average molecular weight is 332 g/mol. The van der Waals surface area contributed by atoms with Crippen molar-refractivity contribution in [3.8, 4) is 0 Å². The lowest BCUT2D eigenvalue weighted by molar-refractivity contribution is -0.141. The molecule has 0 unspecified atom stereocenters. The van der Waals surface area contributed by atoms with Crippen molar-refractivity contribution in [2.75, 3.05) is 5.32 Å². The number of alkyl halides is 3. The third-order valence-electron chi connectivity index (χ3n) is 2.75. The number of hydrogen-bond donors (Lipinski definition) is 2. The van der Waals surface area contributed by atoms with Gasteiger partial charge in [-0.05, 0) is 18.6 Å². The van der Waals surface area contributed by atoms with Gasteiger partial charge >= 0.3 is 12.1 Å². The highest BCUT2D eigenvalue weighted by molar-refractivity contribution is 6.33. The van der Waals surface area contributed by atoms with Crippen LogP contribution in [0.5, 0.6) is 0 Å². The van der Waals surface area contributed by atoms with Crippen LogP contribution in [-0.4, -0.2) is 21.0 Å². The largest absolute Gasteiger partial charge is 0.478 e. The molecule has 1 aromatic heterocycles. The Morgan fingerprint density at radius 2 is 2.05 bits per heavy atom. The fraction of sp³-hybridized carbons (Fsp3) is 0.154. The summed E-state index contributed by atoms with van der Waals surface area (Å²) in [7, 11) is 0. The number of aromatic carboxylic acids is 1. The predicted octanol–water partition coefficient (Wildman–Crippen LogP) is 3.90. The summed E-state index contributed by atoms with van der Waals surface area (Å²) in [5, 5.41) is 11.6. The second-order valence-electron chi connectivity index (χ2n) is 4.32. The number of carbonyl (C=O) groups is 1. The van der Waals surface area contributed by atoms with E-state index in [4.69, 9.17) is 16.7 Å². The van der Waals surface area contributed by atoms with E-state index in [-0.39, 0.29) is 5.02 Å². The summed E-state index contributed by atoms with van der Waals surface area (Å²) < 4.78 is 38.6. The molecule has 0 aliphatic carbocycles. The summed E-state index contributed by atoms with van der Waals surface area (Å²) in [4.78, 5) is 17.7. The molecule has 22 heavy (non-hydrogen) atoms. The van der Waals surface area contributed by atoms with Gasteiger partial charge in [0.15, 0.2) is 5.69 Å². The van der Waals surface area contributed by atoms with Gasteiger partial charge in [0.2, 0.25) is 5.95 Å². The Morgan fingerprint density at radius 1 is 1.36 bits per heavy atom. The van der Waals surface area contributed by atoms with E-state index in [1.54, 1.807) is 25.1 Å². The lowest BCUT2D eigenvalue weighted by Gasteiger charge is -2.13. The number of nitrogens with zero attached hydrogens (tertiary/aromatic N) is 2. The molecule has 9 heteroatoms. The number of carboxylic acid groups (broad SMARTS) is 1. The first-order chi connectivity index (χ1) is 10.2. The molecule has 5 nitrogen and oxygen atoms in total. The maximum atomic E-state index is 12.9. The van der Waals surface area contributed by atoms with Gasteiger partial charge in [-0.15, -0.1) is 0 Å². The van der Waals surface area contributed by atoms with Gasteiger partial charge in [0.25, 0.3) is 0 Å². The zero-order valence-electron chi connectivity index (χ0n) is 11.1. The minimum absolute atomic E-state index is 0.277. The molecular weight excluding hydrogens is 323 g/mol. The fourth-order valence-electron chi connectivity index (χ4n) is 1.72. The standard InChI is InChI=1S/C13H9ClF3N3O2/c1-6-3-2-4-8(14)9(6)19-12-18-5-7(11(21)22)10(20-12)13(15,16)17/h2-5H,1H3,(H,21,22)(H,18,19,20). The molecule has 0 radical (unpaired) electrons. The molecule has 2 N–H and O–H groups in total. The van der Waals surface area contributed by atoms with E-state index in [9.17, 15) is 18.0 Å². The van der Waals surface area contributed by atoms with E-state index in [2.05, 4.69) is 15.3 Å². The average Bonchev–Trinajstić information content (AvgIpc) is 2.42. The zero-order valence-corrected chi connectivity index (χ0v) is 11.8. The van der Waals surface area contributed by atoms with Crippen molar-refractivity contribution in [2.45, 2.75) is 13.1 Å². The van der Waals surface area contributed by atoms with E-state index < -0.39 is 29.4 Å². The minimum atomic E-state index is -4.91. The van der Waals surface area contributed by atoms with E-state index in [0.717, 1.165) is 0 Å². The second kappa shape index (κ2) is 5.80. The molecule has 1 heterocycles. The van der Waals surface area contributed by atoms with Gasteiger partial charge in [-0.1, -0.05) is 23.7 Å². The van der Waals surface area contributed by atoms with E-state index in [1.165, 1.54) is 0 Å². The summed E-state index contributed by atoms with van der Waals surface area (Å²) in [5.74, 6) is -2.15. The minimum Gasteiger partial charge on any atom is -0.478 e. The summed E-state index contributed by atoms with van der Waals surface area (Å²) in [6, 6.07) is 4.93. The summed E-state index contributed by atoms with van der Waals surface area (Å²) in [5.41, 5.74) is -1.52. The van der Waals surface area contributed by atoms with Gasteiger partial charge in [0.05, 0.1) is 10.7 Å². The van der Waals surface area contributed by atoms with E-state index >= 15 is 0 Å². The number of carboxylic acids is 1. The number of benzene rings is 1. The number of halogens is 4. The molecule has 0 aliphatic rings. The molecule has 116 valence electrons. The van der Waals surface area contributed by atoms with Crippen LogP contribution in [0.25, 0.3) is 0 Å². The molecule has 0 aliphatic heterocycles. The molecule has 0 bridgehead atoms. The number of rotatable bonds is 3. The number of hydrogen-bond acceptors (Lipinski definition) is 4. The molecular formula is C13H9ClF3N3O2. The van der Waals surface area contributed by atoms with Crippen molar-refractivity contribution in [3.05, 3.63) is 46.2 Å². The normalized spacial score (nSPS) is 11.3. The van der Waals surface area contributed by atoms with Crippen molar-refractivity contribution in [3.63, 3.8) is 0 Å². The Morgan fingerprint density at radius 3 is 2.59 bits per heavy atom. The molecule has 2 aromatic rings. The maximum Gasteiger partial charge on any atom is 0.434 e. The Bertz CT molecular complexity index is 715. The van der Waals surface area contributed by atoms with Crippen LogP contribution in [0, 0.1) is 6.92 Å². The van der Waals surface area contributed by atoms with Gasteiger partial charge in [-0.25, -0.2) is 14.8 Å². The highest BCUT2D eigenvalue weighted by atomic mass is 35.5. The van der Waals surface area contributed by atoms with E-state index in [0.29, 0.717) is 17.4 Å². The molecule has 1 aromatic carbocycles. The topological polar surface area (TPSA) is 75.1 Å². The molecule has 0 saturated heterocycles. The van der Waals surface area contributed by atoms with Gasteiger partial charge < -0.3 is 10.4 Å². The Kier molecular flexibility index (Phi) is 4.23. The van der Waals surface area contributed by atoms with Crippen LogP contribution < -0.4 is 5.32 Å². The van der Waals surface area contributed by atoms with Gasteiger partial charge in [-0.2, -0.15) is 13.2 Å². The molecule has 0 amide bonds. The quantitative estimate of drug-likeness (QED) is 0.892. The molecule has 0 atom stereocenters. The first-order valence-electron chi connectivity index (χ1n) is 5.90. The van der Waals surface area contributed by atoms with Crippen LogP contribution in [0.1, 0.15) is 21.6 Å².